The number of hydrogen-bond donors (Lipinski definition) is 2. The minimum absolute atomic E-state index is 0.148. The third-order valence-electron chi connectivity index (χ3n) is 13.6. The summed E-state index contributed by atoms with van der Waals surface area (Å²) in [6.45, 7) is 4.53. The van der Waals surface area contributed by atoms with Gasteiger partial charge in [0.25, 0.3) is 0 Å². The lowest BCUT2D eigenvalue weighted by atomic mass is 10.1. The number of phosphoric ester groups is 1. The number of ether oxygens (including phenoxy) is 3. The molecule has 0 spiro atoms. The van der Waals surface area contributed by atoms with Crippen molar-refractivity contribution in [3.8, 4) is 0 Å². The highest BCUT2D eigenvalue weighted by molar-refractivity contribution is 7.47. The molecule has 0 fully saturated rings. The highest BCUT2D eigenvalue weighted by Crippen LogP contribution is 2.43. The first kappa shape index (κ1) is 74.9. The van der Waals surface area contributed by atoms with Gasteiger partial charge in [-0.2, -0.15) is 0 Å². The van der Waals surface area contributed by atoms with Crippen molar-refractivity contribution in [2.45, 2.75) is 303 Å². The number of unbranched alkanes of at least 4 members (excludes halogenated alkanes) is 30. The average Bonchev–Trinajstić information content (AvgIpc) is 3.43. The number of hydrogen-bond acceptors (Lipinski definition) is 10. The van der Waals surface area contributed by atoms with Crippen LogP contribution in [0.4, 0.5) is 0 Å². The molecule has 3 atom stereocenters. The van der Waals surface area contributed by atoms with Crippen LogP contribution in [0.15, 0.2) is 72.9 Å². The van der Waals surface area contributed by atoms with Gasteiger partial charge in [-0.15, -0.1) is 0 Å². The zero-order valence-corrected chi connectivity index (χ0v) is 51.0. The van der Waals surface area contributed by atoms with Crippen molar-refractivity contribution in [1.82, 2.24) is 0 Å². The second kappa shape index (κ2) is 60.0. The Morgan fingerprint density at radius 1 is 0.372 bits per heavy atom. The molecule has 0 rings (SSSR count). The van der Waals surface area contributed by atoms with E-state index in [-0.39, 0.29) is 25.9 Å². The molecule has 452 valence electrons. The first-order chi connectivity index (χ1) is 38.2. The van der Waals surface area contributed by atoms with Crippen LogP contribution in [0, 0.1) is 0 Å². The highest BCUT2D eigenvalue weighted by Gasteiger charge is 2.28. The maximum absolute atomic E-state index is 12.9. The summed E-state index contributed by atoms with van der Waals surface area (Å²) in [7, 11) is -4.76. The van der Waals surface area contributed by atoms with E-state index in [0.29, 0.717) is 19.3 Å². The molecule has 0 aromatic heterocycles. The molecule has 0 aromatic carbocycles. The second-order valence-corrected chi connectivity index (χ2v) is 22.6. The van der Waals surface area contributed by atoms with Crippen molar-refractivity contribution >= 4 is 25.7 Å². The number of carbonyl (C=O) groups excluding carboxylic acids is 3. The number of aliphatic hydroxyl groups is 1. The Morgan fingerprint density at radius 2 is 0.667 bits per heavy atom. The standard InChI is InChI=1S/C66H117O11P/c1-4-7-10-13-16-19-22-25-28-30-31-33-36-39-42-45-48-51-54-57-66(70)77-63(59-73-64(68)55-52-49-46-43-40-37-34-27-24-21-18-15-12-9-6-3)61-75-78(71,72)74-60-62(58-67)76-65(69)56-53-50-47-44-41-38-35-32-29-26-23-20-17-14-11-8-5-2/h7,10,16,19,25-29,31,33-34,62-63,67H,4-6,8-9,11-15,17-18,20-24,30,32,35-61H2,1-3H3,(H,71,72)/b10-7-,19-16-,28-25-,29-26-,33-31-,34-27-. The van der Waals surface area contributed by atoms with Gasteiger partial charge in [-0.3, -0.25) is 23.4 Å². The van der Waals surface area contributed by atoms with Crippen molar-refractivity contribution < 1.29 is 52.2 Å². The predicted octanol–water partition coefficient (Wildman–Crippen LogP) is 19.3. The molecule has 11 nitrogen and oxygen atoms in total. The summed E-state index contributed by atoms with van der Waals surface area (Å²) in [6.07, 6.45) is 68.5. The number of phosphoric acid groups is 1. The molecule has 3 unspecified atom stereocenters. The van der Waals surface area contributed by atoms with Crippen molar-refractivity contribution in [2.75, 3.05) is 26.4 Å². The predicted molar refractivity (Wildman–Crippen MR) is 325 cm³/mol. The van der Waals surface area contributed by atoms with Crippen molar-refractivity contribution in [2.24, 2.45) is 0 Å². The monoisotopic (exact) mass is 1120 g/mol. The van der Waals surface area contributed by atoms with E-state index in [9.17, 15) is 28.9 Å². The van der Waals surface area contributed by atoms with E-state index in [1.54, 1.807) is 0 Å². The van der Waals surface area contributed by atoms with E-state index in [2.05, 4.69) is 93.7 Å². The number of aliphatic hydroxyl groups excluding tert-OH is 1. The average molecular weight is 1120 g/mol. The maximum Gasteiger partial charge on any atom is 0.472 e. The smallest absolute Gasteiger partial charge is 0.462 e. The molecule has 0 aliphatic carbocycles. The van der Waals surface area contributed by atoms with Crippen LogP contribution < -0.4 is 0 Å². The van der Waals surface area contributed by atoms with Gasteiger partial charge in [-0.05, 0) is 109 Å². The van der Waals surface area contributed by atoms with Crippen LogP contribution in [-0.2, 0) is 42.2 Å². The van der Waals surface area contributed by atoms with Gasteiger partial charge < -0.3 is 24.2 Å². The van der Waals surface area contributed by atoms with Crippen LogP contribution >= 0.6 is 7.82 Å². The fraction of sp³-hybridized carbons (Fsp3) is 0.773. The zero-order chi connectivity index (χ0) is 56.9. The quantitative estimate of drug-likeness (QED) is 0.0197. The molecular weight excluding hydrogens is 1000 g/mol. The summed E-state index contributed by atoms with van der Waals surface area (Å²) in [5.74, 6) is -1.49. The van der Waals surface area contributed by atoms with Gasteiger partial charge in [0.15, 0.2) is 6.10 Å². The van der Waals surface area contributed by atoms with Crippen LogP contribution in [-0.4, -0.2) is 66.5 Å². The molecule has 12 heteroatoms. The SMILES string of the molecule is CC/C=C\C/C=C\C/C=C\C/C=C\CCCCCCCCC(=O)OC(COC(=O)CCCCCCC/C=C\CCCCCCCC)COP(=O)(O)OCC(CO)OC(=O)CCCCCCCCC/C=C\CCCCCCCC. The summed E-state index contributed by atoms with van der Waals surface area (Å²) >= 11 is 0. The number of carbonyl (C=O) groups is 3. The van der Waals surface area contributed by atoms with Crippen LogP contribution in [0.1, 0.15) is 290 Å². The third-order valence-corrected chi connectivity index (χ3v) is 14.5. The normalized spacial score (nSPS) is 13.8. The molecule has 0 aliphatic rings. The van der Waals surface area contributed by atoms with Crippen LogP contribution in [0.3, 0.4) is 0 Å². The van der Waals surface area contributed by atoms with Gasteiger partial charge in [0, 0.05) is 19.3 Å². The number of allylic oxidation sites excluding steroid dienone is 12. The van der Waals surface area contributed by atoms with Gasteiger partial charge >= 0.3 is 25.7 Å². The molecule has 0 saturated heterocycles. The summed E-state index contributed by atoms with van der Waals surface area (Å²) < 4.78 is 39.7. The topological polar surface area (TPSA) is 155 Å². The van der Waals surface area contributed by atoms with Crippen molar-refractivity contribution in [3.05, 3.63) is 72.9 Å². The van der Waals surface area contributed by atoms with Crippen LogP contribution in [0.2, 0.25) is 0 Å². The summed E-state index contributed by atoms with van der Waals surface area (Å²) in [5.41, 5.74) is 0. The fourth-order valence-electron chi connectivity index (χ4n) is 8.75. The van der Waals surface area contributed by atoms with Crippen LogP contribution in [0.5, 0.6) is 0 Å². The Labute approximate surface area is 478 Å². The van der Waals surface area contributed by atoms with Crippen molar-refractivity contribution in [1.29, 1.82) is 0 Å². The van der Waals surface area contributed by atoms with Gasteiger partial charge in [-0.25, -0.2) is 4.57 Å². The Balaban J connectivity index is 4.72. The molecule has 2 N–H and O–H groups in total. The summed E-state index contributed by atoms with van der Waals surface area (Å²) in [6, 6.07) is 0. The molecule has 0 saturated carbocycles. The van der Waals surface area contributed by atoms with E-state index in [0.717, 1.165) is 128 Å². The Bertz CT molecular complexity index is 1590. The first-order valence-electron chi connectivity index (χ1n) is 31.8. The largest absolute Gasteiger partial charge is 0.472 e. The van der Waals surface area contributed by atoms with Crippen molar-refractivity contribution in [3.63, 3.8) is 0 Å². The minimum Gasteiger partial charge on any atom is -0.462 e. The van der Waals surface area contributed by atoms with Crippen LogP contribution in [0.25, 0.3) is 0 Å². The molecule has 0 bridgehead atoms. The highest BCUT2D eigenvalue weighted by atomic mass is 31.2. The third kappa shape index (κ3) is 57.6. The number of rotatable bonds is 59. The summed E-state index contributed by atoms with van der Waals surface area (Å²) in [5, 5.41) is 9.85. The Hall–Kier alpha value is -3.08. The van der Waals surface area contributed by atoms with Gasteiger partial charge in [0.2, 0.25) is 0 Å². The van der Waals surface area contributed by atoms with E-state index in [1.807, 2.05) is 0 Å². The zero-order valence-electron chi connectivity index (χ0n) is 50.1. The molecule has 0 aliphatic heterocycles. The lowest BCUT2D eigenvalue weighted by Gasteiger charge is -2.21. The van der Waals surface area contributed by atoms with E-state index < -0.39 is 57.8 Å². The Morgan fingerprint density at radius 3 is 1.04 bits per heavy atom. The summed E-state index contributed by atoms with van der Waals surface area (Å²) in [4.78, 5) is 48.7. The van der Waals surface area contributed by atoms with E-state index in [4.69, 9.17) is 23.3 Å². The molecule has 0 aromatic rings. The van der Waals surface area contributed by atoms with Gasteiger partial charge in [0.1, 0.15) is 12.7 Å². The number of esters is 3. The molecule has 78 heavy (non-hydrogen) atoms. The van der Waals surface area contributed by atoms with Gasteiger partial charge in [0.05, 0.1) is 19.8 Å². The van der Waals surface area contributed by atoms with Gasteiger partial charge in [-0.1, -0.05) is 235 Å². The second-order valence-electron chi connectivity index (χ2n) is 21.2. The fourth-order valence-corrected chi connectivity index (χ4v) is 9.53. The lowest BCUT2D eigenvalue weighted by molar-refractivity contribution is -0.161. The molecule has 0 radical (unpaired) electrons. The van der Waals surface area contributed by atoms with E-state index >= 15 is 0 Å². The Kier molecular flexibility index (Phi) is 57.7. The van der Waals surface area contributed by atoms with E-state index in [1.165, 1.54) is 103 Å². The lowest BCUT2D eigenvalue weighted by Crippen LogP contribution is -2.30. The molecular formula is C66H117O11P. The molecule has 0 heterocycles. The molecule has 0 amide bonds. The minimum atomic E-state index is -4.76. The maximum atomic E-state index is 12.9. The first-order valence-corrected chi connectivity index (χ1v) is 33.3.